The first-order valence-electron chi connectivity index (χ1n) is 9.68. The molecule has 0 fully saturated rings. The molecule has 5 rings (SSSR count). The maximum Gasteiger partial charge on any atom is 0.253 e. The molecule has 4 aromatic rings. The van der Waals surface area contributed by atoms with E-state index in [-0.39, 0.29) is 11.7 Å². The zero-order valence-corrected chi connectivity index (χ0v) is 16.9. The van der Waals surface area contributed by atoms with Crippen molar-refractivity contribution in [2.24, 2.45) is 0 Å². The minimum absolute atomic E-state index is 0.124. The number of aromatic nitrogens is 4. The van der Waals surface area contributed by atoms with Crippen molar-refractivity contribution in [3.8, 4) is 0 Å². The number of fused-ring (bicyclic) bond motifs is 3. The first-order valence-corrected chi connectivity index (χ1v) is 10.7. The van der Waals surface area contributed by atoms with Crippen LogP contribution in [0.5, 0.6) is 0 Å². The predicted molar refractivity (Wildman–Crippen MR) is 113 cm³/mol. The normalized spacial score (nSPS) is 16.2. The Labute approximate surface area is 173 Å². The molecule has 5 nitrogen and oxygen atoms in total. The van der Waals surface area contributed by atoms with E-state index in [1.165, 1.54) is 16.7 Å². The van der Waals surface area contributed by atoms with Gasteiger partial charge in [-0.25, -0.2) is 4.98 Å². The van der Waals surface area contributed by atoms with E-state index in [1.807, 2.05) is 18.2 Å². The number of Topliss-reactive ketones (excluding diaryl/α,β-unsaturated/α-hetero) is 1. The van der Waals surface area contributed by atoms with E-state index in [2.05, 4.69) is 58.4 Å². The third-order valence-corrected chi connectivity index (χ3v) is 6.29. The van der Waals surface area contributed by atoms with E-state index < -0.39 is 0 Å². The predicted octanol–water partition coefficient (Wildman–Crippen LogP) is 4.64. The summed E-state index contributed by atoms with van der Waals surface area (Å²) in [5.74, 6) is 1.63. The molecule has 1 unspecified atom stereocenters. The van der Waals surface area contributed by atoms with Crippen LogP contribution in [0.4, 0.5) is 0 Å². The van der Waals surface area contributed by atoms with Crippen molar-refractivity contribution in [2.75, 3.05) is 0 Å². The van der Waals surface area contributed by atoms with Gasteiger partial charge >= 0.3 is 0 Å². The maximum atomic E-state index is 12.8. The minimum Gasteiger partial charge on any atom is -0.294 e. The van der Waals surface area contributed by atoms with Crippen molar-refractivity contribution in [3.63, 3.8) is 0 Å². The third kappa shape index (κ3) is 3.56. The summed E-state index contributed by atoms with van der Waals surface area (Å²) in [6.07, 6.45) is 2.93. The molecule has 0 spiro atoms. The highest BCUT2D eigenvalue weighted by Gasteiger charge is 2.29. The van der Waals surface area contributed by atoms with Gasteiger partial charge in [-0.1, -0.05) is 71.9 Å². The molecule has 0 radical (unpaired) electrons. The van der Waals surface area contributed by atoms with E-state index >= 15 is 0 Å². The second-order valence-electron chi connectivity index (χ2n) is 7.44. The van der Waals surface area contributed by atoms with Gasteiger partial charge in [-0.3, -0.25) is 4.79 Å². The summed E-state index contributed by atoms with van der Waals surface area (Å²) in [4.78, 5) is 21.7. The monoisotopic (exact) mass is 400 g/mol. The number of aryl methyl sites for hydroxylation is 1. The molecule has 2 heterocycles. The minimum atomic E-state index is 0.124. The van der Waals surface area contributed by atoms with Gasteiger partial charge in [-0.05, 0) is 30.4 Å². The average Bonchev–Trinajstić information content (AvgIpc) is 3.17. The van der Waals surface area contributed by atoms with E-state index in [4.69, 9.17) is 0 Å². The highest BCUT2D eigenvalue weighted by molar-refractivity contribution is 7.98. The van der Waals surface area contributed by atoms with Gasteiger partial charge < -0.3 is 0 Å². The number of carbonyl (C=O) groups is 1. The van der Waals surface area contributed by atoms with Crippen LogP contribution in [-0.4, -0.2) is 25.4 Å². The van der Waals surface area contributed by atoms with Gasteiger partial charge in [0.25, 0.3) is 5.78 Å². The van der Waals surface area contributed by atoms with Crippen molar-refractivity contribution in [3.05, 3.63) is 88.7 Å². The molecule has 1 aliphatic carbocycles. The quantitative estimate of drug-likeness (QED) is 0.467. The van der Waals surface area contributed by atoms with Gasteiger partial charge in [0.05, 0.1) is 11.3 Å². The van der Waals surface area contributed by atoms with Crippen molar-refractivity contribution in [1.82, 2.24) is 19.6 Å². The van der Waals surface area contributed by atoms with Gasteiger partial charge in [-0.2, -0.15) is 9.50 Å². The number of rotatable bonds is 4. The largest absolute Gasteiger partial charge is 0.294 e. The second kappa shape index (κ2) is 7.44. The van der Waals surface area contributed by atoms with E-state index in [1.54, 1.807) is 22.5 Å². The summed E-state index contributed by atoms with van der Waals surface area (Å²) in [5, 5.41) is 5.36. The smallest absolute Gasteiger partial charge is 0.253 e. The molecule has 0 aliphatic heterocycles. The van der Waals surface area contributed by atoms with Gasteiger partial charge in [0.1, 0.15) is 0 Å². The Kier molecular flexibility index (Phi) is 4.64. The molecule has 0 saturated carbocycles. The molecule has 29 heavy (non-hydrogen) atoms. The van der Waals surface area contributed by atoms with Crippen LogP contribution in [0.25, 0.3) is 5.78 Å². The van der Waals surface area contributed by atoms with Crippen LogP contribution < -0.4 is 0 Å². The Morgan fingerprint density at radius 2 is 1.86 bits per heavy atom. The number of ketones is 1. The molecule has 0 N–H and O–H groups in total. The lowest BCUT2D eigenvalue weighted by Gasteiger charge is -2.23. The van der Waals surface area contributed by atoms with Crippen LogP contribution in [0.1, 0.15) is 45.1 Å². The molecular weight excluding hydrogens is 380 g/mol. The number of hydrogen-bond donors (Lipinski definition) is 0. The molecule has 2 aromatic carbocycles. The number of benzene rings is 2. The maximum absolute atomic E-state index is 12.8. The Hall–Kier alpha value is -2.99. The lowest BCUT2D eigenvalue weighted by molar-refractivity contribution is 0.0962. The fourth-order valence-electron chi connectivity index (χ4n) is 3.78. The average molecular weight is 401 g/mol. The zero-order valence-electron chi connectivity index (χ0n) is 16.1. The fourth-order valence-corrected chi connectivity index (χ4v) is 4.56. The third-order valence-electron chi connectivity index (χ3n) is 5.38. The van der Waals surface area contributed by atoms with Crippen LogP contribution in [-0.2, 0) is 12.2 Å². The van der Waals surface area contributed by atoms with Gasteiger partial charge in [0.15, 0.2) is 5.78 Å². The number of thioether (sulfide) groups is 1. The molecular formula is C23H20N4OS. The molecule has 2 aromatic heterocycles. The summed E-state index contributed by atoms with van der Waals surface area (Å²) in [6, 6.07) is 18.7. The number of nitrogens with zero attached hydrogens (tertiary/aromatic N) is 4. The van der Waals surface area contributed by atoms with Gasteiger partial charge in [0, 0.05) is 18.4 Å². The molecule has 0 amide bonds. The van der Waals surface area contributed by atoms with Crippen LogP contribution >= 0.6 is 11.8 Å². The SMILES string of the molecule is Cc1ccc(CSc2nc3ncc4c(n3n2)CC(c2ccccc2)CC4=O)cc1. The van der Waals surface area contributed by atoms with Crippen molar-refractivity contribution in [2.45, 2.75) is 36.6 Å². The van der Waals surface area contributed by atoms with Crippen molar-refractivity contribution in [1.29, 1.82) is 0 Å². The number of hydrogen-bond acceptors (Lipinski definition) is 5. The first kappa shape index (κ1) is 18.1. The first-order chi connectivity index (χ1) is 14.2. The molecule has 1 atom stereocenters. The van der Waals surface area contributed by atoms with Crippen LogP contribution in [0.3, 0.4) is 0 Å². The summed E-state index contributed by atoms with van der Waals surface area (Å²) in [5.41, 5.74) is 5.25. The summed E-state index contributed by atoms with van der Waals surface area (Å²) >= 11 is 1.59. The second-order valence-corrected chi connectivity index (χ2v) is 8.38. The Bertz CT molecular complexity index is 1180. The van der Waals surface area contributed by atoms with Crippen molar-refractivity contribution >= 4 is 23.3 Å². The zero-order chi connectivity index (χ0) is 19.8. The fraction of sp³-hybridized carbons (Fsp3) is 0.217. The molecule has 0 saturated heterocycles. The summed E-state index contributed by atoms with van der Waals surface area (Å²) in [6.45, 7) is 2.08. The molecule has 144 valence electrons. The summed E-state index contributed by atoms with van der Waals surface area (Å²) < 4.78 is 1.76. The van der Waals surface area contributed by atoms with E-state index in [9.17, 15) is 4.79 Å². The molecule has 0 bridgehead atoms. The highest BCUT2D eigenvalue weighted by atomic mass is 32.2. The van der Waals surface area contributed by atoms with E-state index in [0.717, 1.165) is 17.9 Å². The van der Waals surface area contributed by atoms with Crippen LogP contribution in [0.15, 0.2) is 66.0 Å². The number of carbonyl (C=O) groups excluding carboxylic acids is 1. The topological polar surface area (TPSA) is 60.1 Å². The molecule has 6 heteroatoms. The van der Waals surface area contributed by atoms with Crippen molar-refractivity contribution < 1.29 is 4.79 Å². The Balaban J connectivity index is 1.45. The lowest BCUT2D eigenvalue weighted by Crippen LogP contribution is -2.22. The van der Waals surface area contributed by atoms with Crippen LogP contribution in [0.2, 0.25) is 0 Å². The van der Waals surface area contributed by atoms with Gasteiger partial charge in [-0.15, -0.1) is 5.10 Å². The molecule has 1 aliphatic rings. The highest BCUT2D eigenvalue weighted by Crippen LogP contribution is 2.32. The Morgan fingerprint density at radius 1 is 1.07 bits per heavy atom. The summed E-state index contributed by atoms with van der Waals surface area (Å²) in [7, 11) is 0. The standard InChI is InChI=1S/C23H20N4OS/c1-15-7-9-16(10-8-15)14-29-23-25-22-24-13-19-20(27(22)26-23)11-18(12-21(19)28)17-5-3-2-4-6-17/h2-10,13,18H,11-12,14H2,1H3. The van der Waals surface area contributed by atoms with E-state index in [0.29, 0.717) is 22.9 Å². The Morgan fingerprint density at radius 3 is 2.66 bits per heavy atom. The van der Waals surface area contributed by atoms with Crippen LogP contribution in [0, 0.1) is 6.92 Å². The van der Waals surface area contributed by atoms with Gasteiger partial charge in [0.2, 0.25) is 5.16 Å². The lowest BCUT2D eigenvalue weighted by atomic mass is 9.82.